The second-order valence-corrected chi connectivity index (χ2v) is 8.85. The molecule has 1 amide bonds. The molecule has 174 valence electrons. The summed E-state index contributed by atoms with van der Waals surface area (Å²) in [4.78, 5) is 26.6. The number of morpholine rings is 1. The first-order chi connectivity index (χ1) is 14.7. The van der Waals surface area contributed by atoms with Gasteiger partial charge in [-0.15, -0.1) is 0 Å². The van der Waals surface area contributed by atoms with E-state index in [0.717, 1.165) is 58.8 Å². The standard InChI is InChI=1S/C18H26N2O3S.C2HF3O2/c21-17(20-4-8-23-9-5-20)16-12-19(11-15-1-10-24-13-15)14-18(16)2-6-22-7-3-18;3-2(4,5)1(6)7/h1,10,13,16H,2-9,11-12,14H2;(H,6,7). The maximum Gasteiger partial charge on any atom is 0.490 e. The van der Waals surface area contributed by atoms with Crippen molar-refractivity contribution in [3.8, 4) is 0 Å². The monoisotopic (exact) mass is 464 g/mol. The molecular formula is C20H27F3N2O5S. The number of halogens is 3. The Balaban J connectivity index is 0.000000339. The lowest BCUT2D eigenvalue weighted by atomic mass is 9.71. The maximum atomic E-state index is 13.2. The summed E-state index contributed by atoms with van der Waals surface area (Å²) in [5.41, 5.74) is 1.46. The molecule has 1 unspecified atom stereocenters. The third kappa shape index (κ3) is 6.18. The molecule has 1 spiro atoms. The zero-order valence-electron chi connectivity index (χ0n) is 17.1. The van der Waals surface area contributed by atoms with Gasteiger partial charge in [-0.1, -0.05) is 0 Å². The number of nitrogens with zero attached hydrogens (tertiary/aromatic N) is 2. The summed E-state index contributed by atoms with van der Waals surface area (Å²) < 4.78 is 42.8. The third-order valence-corrected chi connectivity index (χ3v) is 6.79. The lowest BCUT2D eigenvalue weighted by molar-refractivity contribution is -0.192. The van der Waals surface area contributed by atoms with Crippen LogP contribution in [0.3, 0.4) is 0 Å². The van der Waals surface area contributed by atoms with Crippen LogP contribution in [0.4, 0.5) is 13.2 Å². The Morgan fingerprint density at radius 1 is 1.16 bits per heavy atom. The van der Waals surface area contributed by atoms with Gasteiger partial charge in [-0.3, -0.25) is 9.69 Å². The van der Waals surface area contributed by atoms with Crippen LogP contribution in [-0.2, 0) is 25.6 Å². The van der Waals surface area contributed by atoms with Crippen LogP contribution in [0.2, 0.25) is 0 Å². The highest BCUT2D eigenvalue weighted by Crippen LogP contribution is 2.45. The zero-order valence-corrected chi connectivity index (χ0v) is 17.9. The zero-order chi connectivity index (χ0) is 22.5. The number of carboxylic acids is 1. The van der Waals surface area contributed by atoms with Gasteiger partial charge in [0, 0.05) is 51.4 Å². The molecule has 3 saturated heterocycles. The Morgan fingerprint density at radius 3 is 2.32 bits per heavy atom. The lowest BCUT2D eigenvalue weighted by Gasteiger charge is -2.40. The highest BCUT2D eigenvalue weighted by atomic mass is 32.1. The molecule has 3 aliphatic heterocycles. The van der Waals surface area contributed by atoms with Crippen LogP contribution in [0.1, 0.15) is 18.4 Å². The minimum atomic E-state index is -5.08. The van der Waals surface area contributed by atoms with Gasteiger partial charge in [0.15, 0.2) is 0 Å². The van der Waals surface area contributed by atoms with Crippen molar-refractivity contribution >= 4 is 23.2 Å². The quantitative estimate of drug-likeness (QED) is 0.741. The number of carbonyl (C=O) groups excluding carboxylic acids is 1. The van der Waals surface area contributed by atoms with Gasteiger partial charge in [0.05, 0.1) is 19.1 Å². The van der Waals surface area contributed by atoms with Gasteiger partial charge in [0.25, 0.3) is 0 Å². The summed E-state index contributed by atoms with van der Waals surface area (Å²) in [7, 11) is 0. The first-order valence-electron chi connectivity index (χ1n) is 10.2. The third-order valence-electron chi connectivity index (χ3n) is 6.06. The Morgan fingerprint density at radius 2 is 1.77 bits per heavy atom. The van der Waals surface area contributed by atoms with Crippen molar-refractivity contribution in [2.24, 2.45) is 11.3 Å². The van der Waals surface area contributed by atoms with Crippen molar-refractivity contribution in [1.82, 2.24) is 9.80 Å². The van der Waals surface area contributed by atoms with Gasteiger partial charge >= 0.3 is 12.1 Å². The van der Waals surface area contributed by atoms with Crippen molar-refractivity contribution in [3.63, 3.8) is 0 Å². The van der Waals surface area contributed by atoms with Gasteiger partial charge < -0.3 is 19.5 Å². The summed E-state index contributed by atoms with van der Waals surface area (Å²) in [5.74, 6) is -2.31. The molecule has 1 N–H and O–H groups in total. The number of carboxylic acid groups (broad SMARTS) is 1. The van der Waals surface area contributed by atoms with E-state index < -0.39 is 12.1 Å². The molecule has 4 rings (SSSR count). The smallest absolute Gasteiger partial charge is 0.475 e. The summed E-state index contributed by atoms with van der Waals surface area (Å²) >= 11 is 1.74. The van der Waals surface area contributed by atoms with E-state index in [2.05, 4.69) is 21.7 Å². The number of hydrogen-bond donors (Lipinski definition) is 1. The van der Waals surface area contributed by atoms with Gasteiger partial charge in [0.1, 0.15) is 0 Å². The largest absolute Gasteiger partial charge is 0.490 e. The summed E-state index contributed by atoms with van der Waals surface area (Å²) in [6.07, 6.45) is -3.07. The van der Waals surface area contributed by atoms with E-state index in [1.165, 1.54) is 5.56 Å². The number of amides is 1. The Kier molecular flexibility index (Phi) is 7.95. The van der Waals surface area contributed by atoms with Crippen LogP contribution in [-0.4, -0.2) is 85.6 Å². The fraction of sp³-hybridized carbons (Fsp3) is 0.700. The van der Waals surface area contributed by atoms with E-state index in [9.17, 15) is 18.0 Å². The molecule has 4 heterocycles. The molecule has 7 nitrogen and oxygen atoms in total. The maximum absolute atomic E-state index is 13.2. The SMILES string of the molecule is O=C(C1CN(Cc2ccsc2)CC12CCOCC2)N1CCOCC1.O=C(O)C(F)(F)F. The molecule has 0 radical (unpaired) electrons. The number of ether oxygens (including phenoxy) is 2. The van der Waals surface area contributed by atoms with E-state index in [-0.39, 0.29) is 11.3 Å². The van der Waals surface area contributed by atoms with E-state index in [1.54, 1.807) is 11.3 Å². The Labute approximate surface area is 182 Å². The highest BCUT2D eigenvalue weighted by molar-refractivity contribution is 7.07. The predicted molar refractivity (Wildman–Crippen MR) is 107 cm³/mol. The van der Waals surface area contributed by atoms with Gasteiger partial charge in [0.2, 0.25) is 5.91 Å². The average molecular weight is 465 g/mol. The Bertz CT molecular complexity index is 732. The molecule has 0 saturated carbocycles. The Hall–Kier alpha value is -1.69. The fourth-order valence-corrected chi connectivity index (χ4v) is 5.12. The molecule has 11 heteroatoms. The van der Waals surface area contributed by atoms with Crippen molar-refractivity contribution in [2.75, 3.05) is 52.6 Å². The highest BCUT2D eigenvalue weighted by Gasteiger charge is 2.51. The molecule has 1 aromatic rings. The van der Waals surface area contributed by atoms with Gasteiger partial charge in [-0.25, -0.2) is 4.79 Å². The first kappa shape index (κ1) is 24.0. The molecule has 0 bridgehead atoms. The number of rotatable bonds is 3. The summed E-state index contributed by atoms with van der Waals surface area (Å²) in [5, 5.41) is 11.5. The van der Waals surface area contributed by atoms with Crippen LogP contribution in [0.5, 0.6) is 0 Å². The minimum absolute atomic E-state index is 0.101. The van der Waals surface area contributed by atoms with Crippen LogP contribution < -0.4 is 0 Å². The molecule has 3 aliphatic rings. The number of alkyl halides is 3. The van der Waals surface area contributed by atoms with Crippen molar-refractivity contribution in [1.29, 1.82) is 0 Å². The number of likely N-dealkylation sites (tertiary alicyclic amines) is 1. The second kappa shape index (κ2) is 10.3. The van der Waals surface area contributed by atoms with Crippen molar-refractivity contribution in [3.05, 3.63) is 22.4 Å². The van der Waals surface area contributed by atoms with Crippen molar-refractivity contribution in [2.45, 2.75) is 25.6 Å². The van der Waals surface area contributed by atoms with E-state index >= 15 is 0 Å². The predicted octanol–water partition coefficient (Wildman–Crippen LogP) is 2.47. The second-order valence-electron chi connectivity index (χ2n) is 8.07. The molecule has 0 aromatic carbocycles. The fourth-order valence-electron chi connectivity index (χ4n) is 4.46. The van der Waals surface area contributed by atoms with Crippen LogP contribution in [0, 0.1) is 11.3 Å². The molecule has 1 atom stereocenters. The average Bonchev–Trinajstić information content (AvgIpc) is 3.37. The number of aliphatic carboxylic acids is 1. The van der Waals surface area contributed by atoms with Gasteiger partial charge in [-0.05, 0) is 35.2 Å². The first-order valence-corrected chi connectivity index (χ1v) is 11.1. The molecule has 3 fully saturated rings. The number of hydrogen-bond acceptors (Lipinski definition) is 6. The van der Waals surface area contributed by atoms with E-state index in [4.69, 9.17) is 19.4 Å². The molecular weight excluding hydrogens is 437 g/mol. The minimum Gasteiger partial charge on any atom is -0.475 e. The molecule has 0 aliphatic carbocycles. The van der Waals surface area contributed by atoms with Crippen molar-refractivity contribution < 1.29 is 37.3 Å². The molecule has 1 aromatic heterocycles. The van der Waals surface area contributed by atoms with Crippen LogP contribution in [0.25, 0.3) is 0 Å². The van der Waals surface area contributed by atoms with E-state index in [0.29, 0.717) is 19.1 Å². The summed E-state index contributed by atoms with van der Waals surface area (Å²) in [6.45, 7) is 7.27. The number of carbonyl (C=O) groups is 2. The van der Waals surface area contributed by atoms with E-state index in [1.807, 2.05) is 4.90 Å². The summed E-state index contributed by atoms with van der Waals surface area (Å²) in [6, 6.07) is 2.19. The normalized spacial score (nSPS) is 24.0. The lowest BCUT2D eigenvalue weighted by Crippen LogP contribution is -2.49. The van der Waals surface area contributed by atoms with Crippen LogP contribution >= 0.6 is 11.3 Å². The van der Waals surface area contributed by atoms with Gasteiger partial charge in [-0.2, -0.15) is 24.5 Å². The number of thiophene rings is 1. The van der Waals surface area contributed by atoms with Crippen LogP contribution in [0.15, 0.2) is 16.8 Å². The molecule has 31 heavy (non-hydrogen) atoms. The topological polar surface area (TPSA) is 79.3 Å².